The Morgan fingerprint density at radius 1 is 0.909 bits per heavy atom. The molecule has 0 amide bonds. The number of benzene rings is 3. The van der Waals surface area contributed by atoms with Crippen LogP contribution in [0.25, 0.3) is 16.8 Å². The Morgan fingerprint density at radius 2 is 1.64 bits per heavy atom. The van der Waals surface area contributed by atoms with E-state index in [9.17, 15) is 4.79 Å². The van der Waals surface area contributed by atoms with Crippen LogP contribution in [0.2, 0.25) is 0 Å². The highest BCUT2D eigenvalue weighted by Crippen LogP contribution is 2.18. The van der Waals surface area contributed by atoms with Gasteiger partial charge in [-0.3, -0.25) is 4.79 Å². The molecule has 0 saturated heterocycles. The van der Waals surface area contributed by atoms with E-state index in [0.717, 1.165) is 21.9 Å². The van der Waals surface area contributed by atoms with Crippen molar-refractivity contribution < 1.29 is 4.79 Å². The molecule has 0 spiro atoms. The normalized spacial score (nSPS) is 11.1. The molecule has 0 heterocycles. The molecule has 108 valence electrons. The summed E-state index contributed by atoms with van der Waals surface area (Å²) in [4.78, 5) is 13.5. The third-order valence-corrected chi connectivity index (χ3v) is 4.32. The fraction of sp³-hybridized carbons (Fsp3) is 0.0500. The van der Waals surface area contributed by atoms with E-state index >= 15 is 0 Å². The molecule has 1 nitrogen and oxygen atoms in total. The lowest BCUT2D eigenvalue weighted by atomic mass is 10.0. The summed E-state index contributed by atoms with van der Waals surface area (Å²) in [6.45, 7) is 0. The van der Waals surface area contributed by atoms with Crippen molar-refractivity contribution in [1.29, 1.82) is 0 Å². The molecular formula is C20H16OS. The van der Waals surface area contributed by atoms with Gasteiger partial charge in [0.25, 0.3) is 0 Å². The van der Waals surface area contributed by atoms with E-state index in [1.54, 1.807) is 17.8 Å². The van der Waals surface area contributed by atoms with Gasteiger partial charge in [-0.2, -0.15) is 0 Å². The van der Waals surface area contributed by atoms with Crippen LogP contribution in [0.5, 0.6) is 0 Å². The van der Waals surface area contributed by atoms with Crippen molar-refractivity contribution in [3.63, 3.8) is 0 Å². The molecule has 0 radical (unpaired) electrons. The van der Waals surface area contributed by atoms with E-state index in [1.165, 1.54) is 4.90 Å². The number of hydrogen-bond donors (Lipinski definition) is 0. The third-order valence-electron chi connectivity index (χ3n) is 3.58. The topological polar surface area (TPSA) is 17.1 Å². The number of carbonyl (C=O) groups excluding carboxylic acids is 1. The van der Waals surface area contributed by atoms with Crippen LogP contribution in [0.3, 0.4) is 0 Å². The Labute approximate surface area is 134 Å². The summed E-state index contributed by atoms with van der Waals surface area (Å²) < 4.78 is 0. The maximum atomic E-state index is 12.3. The molecule has 0 aliphatic heterocycles. The molecule has 0 fully saturated rings. The molecule has 3 aromatic carbocycles. The lowest BCUT2D eigenvalue weighted by Gasteiger charge is -2.00. The standard InChI is InChI=1S/C20H16OS/c1-22-19-11-6-15(7-12-19)8-13-20(21)18-10-9-16-4-2-3-5-17(16)14-18/h2-14H,1H3/b13-8+. The van der Waals surface area contributed by atoms with Crippen LogP contribution in [-0.2, 0) is 0 Å². The predicted octanol–water partition coefficient (Wildman–Crippen LogP) is 5.46. The Hall–Kier alpha value is -2.32. The summed E-state index contributed by atoms with van der Waals surface area (Å²) in [7, 11) is 0. The number of ketones is 1. The molecule has 0 aliphatic carbocycles. The molecule has 2 heteroatoms. The average Bonchev–Trinajstić information content (AvgIpc) is 2.59. The van der Waals surface area contributed by atoms with Crippen molar-refractivity contribution in [2.45, 2.75) is 4.90 Å². The first-order valence-corrected chi connectivity index (χ1v) is 8.34. The van der Waals surface area contributed by atoms with E-state index in [0.29, 0.717) is 0 Å². The number of hydrogen-bond acceptors (Lipinski definition) is 2. The van der Waals surface area contributed by atoms with E-state index in [-0.39, 0.29) is 5.78 Å². The van der Waals surface area contributed by atoms with E-state index in [4.69, 9.17) is 0 Å². The highest BCUT2D eigenvalue weighted by atomic mass is 32.2. The molecule has 0 saturated carbocycles. The van der Waals surface area contributed by atoms with Gasteiger partial charge in [-0.1, -0.05) is 54.6 Å². The van der Waals surface area contributed by atoms with Gasteiger partial charge in [-0.15, -0.1) is 11.8 Å². The Morgan fingerprint density at radius 3 is 2.36 bits per heavy atom. The summed E-state index contributed by atoms with van der Waals surface area (Å²) in [5, 5.41) is 2.24. The molecule has 0 atom stereocenters. The van der Waals surface area contributed by atoms with Crippen molar-refractivity contribution in [2.75, 3.05) is 6.26 Å². The Balaban J connectivity index is 1.81. The van der Waals surface area contributed by atoms with Crippen molar-refractivity contribution in [3.05, 3.63) is 83.9 Å². The third kappa shape index (κ3) is 3.29. The summed E-state index contributed by atoms with van der Waals surface area (Å²) in [5.41, 5.74) is 1.75. The van der Waals surface area contributed by atoms with Gasteiger partial charge in [0.05, 0.1) is 0 Å². The monoisotopic (exact) mass is 304 g/mol. The zero-order valence-electron chi connectivity index (χ0n) is 12.3. The van der Waals surface area contributed by atoms with Gasteiger partial charge >= 0.3 is 0 Å². The second kappa shape index (κ2) is 6.63. The van der Waals surface area contributed by atoms with Gasteiger partial charge in [-0.25, -0.2) is 0 Å². The fourth-order valence-corrected chi connectivity index (χ4v) is 2.73. The molecule has 0 bridgehead atoms. The van der Waals surface area contributed by atoms with Crippen molar-refractivity contribution >= 4 is 34.4 Å². The van der Waals surface area contributed by atoms with Gasteiger partial charge in [-0.05, 0) is 46.9 Å². The molecule has 0 aliphatic rings. The smallest absolute Gasteiger partial charge is 0.185 e. The number of carbonyl (C=O) groups is 1. The van der Waals surface area contributed by atoms with Crippen molar-refractivity contribution in [3.8, 4) is 0 Å². The quantitative estimate of drug-likeness (QED) is 0.362. The lowest BCUT2D eigenvalue weighted by molar-refractivity contribution is 0.104. The molecule has 22 heavy (non-hydrogen) atoms. The number of rotatable bonds is 4. The van der Waals surface area contributed by atoms with Crippen LogP contribution in [0, 0.1) is 0 Å². The summed E-state index contributed by atoms with van der Waals surface area (Å²) in [6.07, 6.45) is 5.55. The Kier molecular flexibility index (Phi) is 4.40. The van der Waals surface area contributed by atoms with Gasteiger partial charge in [0.1, 0.15) is 0 Å². The number of allylic oxidation sites excluding steroid dienone is 1. The minimum atomic E-state index is 0.0275. The SMILES string of the molecule is CSc1ccc(/C=C/C(=O)c2ccc3ccccc3c2)cc1. The molecular weight excluding hydrogens is 288 g/mol. The second-order valence-corrected chi connectivity index (χ2v) is 5.91. The fourth-order valence-electron chi connectivity index (χ4n) is 2.33. The summed E-state index contributed by atoms with van der Waals surface area (Å²) in [6, 6.07) is 22.0. The van der Waals surface area contributed by atoms with Gasteiger partial charge in [0, 0.05) is 10.5 Å². The minimum absolute atomic E-state index is 0.0275. The van der Waals surface area contributed by atoms with Gasteiger partial charge in [0.2, 0.25) is 0 Å². The van der Waals surface area contributed by atoms with Crippen LogP contribution in [-0.4, -0.2) is 12.0 Å². The van der Waals surface area contributed by atoms with Crippen molar-refractivity contribution in [2.24, 2.45) is 0 Å². The summed E-state index contributed by atoms with van der Waals surface area (Å²) >= 11 is 1.71. The number of thioether (sulfide) groups is 1. The highest BCUT2D eigenvalue weighted by molar-refractivity contribution is 7.98. The van der Waals surface area contributed by atoms with E-state index < -0.39 is 0 Å². The van der Waals surface area contributed by atoms with E-state index in [2.05, 4.69) is 12.1 Å². The average molecular weight is 304 g/mol. The van der Waals surface area contributed by atoms with Crippen LogP contribution in [0.1, 0.15) is 15.9 Å². The first-order chi connectivity index (χ1) is 10.8. The minimum Gasteiger partial charge on any atom is -0.289 e. The molecule has 0 aromatic heterocycles. The molecule has 3 aromatic rings. The maximum Gasteiger partial charge on any atom is 0.185 e. The molecule has 3 rings (SSSR count). The lowest BCUT2D eigenvalue weighted by Crippen LogP contribution is -1.93. The molecule has 0 N–H and O–H groups in total. The zero-order chi connectivity index (χ0) is 15.4. The largest absolute Gasteiger partial charge is 0.289 e. The van der Waals surface area contributed by atoms with Crippen LogP contribution in [0.15, 0.2) is 77.7 Å². The first-order valence-electron chi connectivity index (χ1n) is 7.11. The Bertz CT molecular complexity index is 832. The van der Waals surface area contributed by atoms with Gasteiger partial charge in [0.15, 0.2) is 5.78 Å². The molecule has 0 unspecified atom stereocenters. The first kappa shape index (κ1) is 14.6. The zero-order valence-corrected chi connectivity index (χ0v) is 13.1. The van der Waals surface area contributed by atoms with Crippen LogP contribution < -0.4 is 0 Å². The maximum absolute atomic E-state index is 12.3. The number of fused-ring (bicyclic) bond motifs is 1. The predicted molar refractivity (Wildman–Crippen MR) is 95.5 cm³/mol. The van der Waals surface area contributed by atoms with Gasteiger partial charge < -0.3 is 0 Å². The summed E-state index contributed by atoms with van der Waals surface area (Å²) in [5.74, 6) is 0.0275. The van der Waals surface area contributed by atoms with Crippen LogP contribution in [0.4, 0.5) is 0 Å². The van der Waals surface area contributed by atoms with Crippen LogP contribution >= 0.6 is 11.8 Å². The highest BCUT2D eigenvalue weighted by Gasteiger charge is 2.02. The second-order valence-electron chi connectivity index (χ2n) is 5.03. The van der Waals surface area contributed by atoms with Crippen molar-refractivity contribution in [1.82, 2.24) is 0 Å². The van der Waals surface area contributed by atoms with E-state index in [1.807, 2.05) is 66.9 Å².